The maximum Gasteiger partial charge on any atom is 0.180 e. The highest BCUT2D eigenvalue weighted by molar-refractivity contribution is 7.94. The molecule has 3 nitrogen and oxygen atoms in total. The van der Waals surface area contributed by atoms with Crippen LogP contribution in [0.3, 0.4) is 0 Å². The van der Waals surface area contributed by atoms with E-state index in [0.29, 0.717) is 15.4 Å². The third kappa shape index (κ3) is 2.13. The first-order chi connectivity index (χ1) is 9.09. The molecule has 0 spiro atoms. The zero-order valence-electron chi connectivity index (χ0n) is 10.0. The van der Waals surface area contributed by atoms with Crippen molar-refractivity contribution in [2.24, 2.45) is 0 Å². The molecule has 0 fully saturated rings. The molecule has 2 aromatic rings. The summed E-state index contributed by atoms with van der Waals surface area (Å²) in [6, 6.07) is 15.8. The first-order valence-corrected chi connectivity index (χ1v) is 8.73. The average molecular weight is 292 g/mol. The molecular formula is C14H12O3S2. The van der Waals surface area contributed by atoms with Crippen LogP contribution in [0.5, 0.6) is 0 Å². The number of benzene rings is 2. The lowest BCUT2D eigenvalue weighted by atomic mass is 10.2. The number of sulfone groups is 1. The van der Waals surface area contributed by atoms with Gasteiger partial charge < -0.3 is 0 Å². The molecule has 1 heterocycles. The first-order valence-electron chi connectivity index (χ1n) is 5.87. The highest BCUT2D eigenvalue weighted by Crippen LogP contribution is 2.38. The molecule has 0 N–H and O–H groups in total. The zero-order valence-corrected chi connectivity index (χ0v) is 11.7. The Hall–Kier alpha value is -1.46. The van der Waals surface area contributed by atoms with Crippen molar-refractivity contribution in [3.63, 3.8) is 0 Å². The Balaban J connectivity index is 2.08. The van der Waals surface area contributed by atoms with Gasteiger partial charge in [0.15, 0.2) is 9.84 Å². The summed E-state index contributed by atoms with van der Waals surface area (Å²) in [7, 11) is -4.65. The van der Waals surface area contributed by atoms with E-state index in [0.717, 1.165) is 0 Å². The van der Waals surface area contributed by atoms with Gasteiger partial charge in [0.2, 0.25) is 0 Å². The minimum absolute atomic E-state index is 0.0755. The summed E-state index contributed by atoms with van der Waals surface area (Å²) in [5.74, 6) is -0.0755. The van der Waals surface area contributed by atoms with Crippen molar-refractivity contribution in [3.05, 3.63) is 60.2 Å². The quantitative estimate of drug-likeness (QED) is 0.853. The van der Waals surface area contributed by atoms with E-state index in [1.807, 2.05) is 18.2 Å². The third-order valence-electron chi connectivity index (χ3n) is 3.21. The first kappa shape index (κ1) is 12.6. The Morgan fingerprint density at radius 3 is 2.32 bits per heavy atom. The van der Waals surface area contributed by atoms with Gasteiger partial charge in [-0.25, -0.2) is 8.42 Å². The molecule has 19 heavy (non-hydrogen) atoms. The molecule has 3 rings (SSSR count). The molecule has 1 aliphatic rings. The van der Waals surface area contributed by atoms with Gasteiger partial charge in [-0.15, -0.1) is 0 Å². The largest absolute Gasteiger partial charge is 0.254 e. The lowest BCUT2D eigenvalue weighted by Gasteiger charge is -2.09. The van der Waals surface area contributed by atoms with Crippen molar-refractivity contribution in [1.29, 1.82) is 0 Å². The molecule has 2 unspecified atom stereocenters. The minimum atomic E-state index is -3.30. The maximum atomic E-state index is 12.5. The van der Waals surface area contributed by atoms with Crippen molar-refractivity contribution < 1.29 is 12.6 Å². The molecule has 98 valence electrons. The van der Waals surface area contributed by atoms with Crippen LogP contribution in [-0.2, 0) is 20.6 Å². The van der Waals surface area contributed by atoms with Gasteiger partial charge in [-0.1, -0.05) is 36.4 Å². The lowest BCUT2D eigenvalue weighted by Crippen LogP contribution is -2.09. The van der Waals surface area contributed by atoms with Gasteiger partial charge in [-0.05, 0) is 23.8 Å². The summed E-state index contributed by atoms with van der Waals surface area (Å²) in [5, 5.41) is -0.469. The summed E-state index contributed by atoms with van der Waals surface area (Å²) in [6.07, 6.45) is 0. The molecule has 0 radical (unpaired) electrons. The van der Waals surface area contributed by atoms with Crippen LogP contribution in [0.25, 0.3) is 0 Å². The molecule has 0 aliphatic carbocycles. The second-order valence-corrected chi connectivity index (χ2v) is 8.06. The van der Waals surface area contributed by atoms with Crippen molar-refractivity contribution >= 4 is 20.6 Å². The molecule has 1 aliphatic heterocycles. The van der Waals surface area contributed by atoms with Crippen LogP contribution in [0.4, 0.5) is 0 Å². The molecule has 0 bridgehead atoms. The van der Waals surface area contributed by atoms with Gasteiger partial charge in [0.05, 0.1) is 26.7 Å². The fourth-order valence-electron chi connectivity index (χ4n) is 2.30. The van der Waals surface area contributed by atoms with Gasteiger partial charge >= 0.3 is 0 Å². The van der Waals surface area contributed by atoms with Crippen molar-refractivity contribution in [3.8, 4) is 0 Å². The predicted octanol–water partition coefficient (Wildman–Crippen LogP) is 2.32. The molecule has 0 aromatic heterocycles. The normalized spacial score (nSPS) is 21.8. The Morgan fingerprint density at radius 2 is 1.58 bits per heavy atom. The second-order valence-electron chi connectivity index (χ2n) is 4.42. The Morgan fingerprint density at radius 1 is 0.947 bits per heavy atom. The van der Waals surface area contributed by atoms with E-state index in [2.05, 4.69) is 0 Å². The Labute approximate surface area is 114 Å². The van der Waals surface area contributed by atoms with Crippen LogP contribution in [0.15, 0.2) is 64.4 Å². The SMILES string of the molecule is O=S(c1ccccc1)C1CS(=O)(=O)c2ccccc21. The van der Waals surface area contributed by atoms with Crippen molar-refractivity contribution in [2.75, 3.05) is 5.75 Å². The number of rotatable bonds is 2. The highest BCUT2D eigenvalue weighted by Gasteiger charge is 2.38. The summed E-state index contributed by atoms with van der Waals surface area (Å²) in [6.45, 7) is 0. The average Bonchev–Trinajstić information content (AvgIpc) is 2.72. The van der Waals surface area contributed by atoms with Crippen LogP contribution < -0.4 is 0 Å². The molecule has 0 amide bonds. The van der Waals surface area contributed by atoms with E-state index in [4.69, 9.17) is 0 Å². The van der Waals surface area contributed by atoms with E-state index in [1.165, 1.54) is 0 Å². The Kier molecular flexibility index (Phi) is 3.03. The van der Waals surface area contributed by atoms with Crippen LogP contribution in [0, 0.1) is 0 Å². The van der Waals surface area contributed by atoms with Crippen LogP contribution in [0.1, 0.15) is 10.8 Å². The third-order valence-corrected chi connectivity index (χ3v) is 6.90. The van der Waals surface area contributed by atoms with Gasteiger partial charge in [0.25, 0.3) is 0 Å². The van der Waals surface area contributed by atoms with Gasteiger partial charge in [0.1, 0.15) is 0 Å². The molecule has 0 saturated carbocycles. The molecule has 2 aromatic carbocycles. The van der Waals surface area contributed by atoms with Crippen molar-refractivity contribution in [2.45, 2.75) is 15.0 Å². The lowest BCUT2D eigenvalue weighted by molar-refractivity contribution is 0.599. The summed E-state index contributed by atoms with van der Waals surface area (Å²) >= 11 is 0. The predicted molar refractivity (Wildman–Crippen MR) is 74.1 cm³/mol. The van der Waals surface area contributed by atoms with Gasteiger partial charge in [-0.3, -0.25) is 4.21 Å². The second kappa shape index (κ2) is 4.58. The van der Waals surface area contributed by atoms with E-state index in [-0.39, 0.29) is 5.75 Å². The van der Waals surface area contributed by atoms with Crippen LogP contribution in [-0.4, -0.2) is 18.4 Å². The maximum absolute atomic E-state index is 12.5. The van der Waals surface area contributed by atoms with E-state index in [1.54, 1.807) is 36.4 Å². The van der Waals surface area contributed by atoms with E-state index >= 15 is 0 Å². The molecule has 2 atom stereocenters. The molecule has 0 saturated heterocycles. The zero-order chi connectivity index (χ0) is 13.5. The summed E-state index contributed by atoms with van der Waals surface area (Å²) in [5.41, 5.74) is 0.671. The fourth-order valence-corrected chi connectivity index (χ4v) is 6.21. The van der Waals surface area contributed by atoms with E-state index in [9.17, 15) is 12.6 Å². The topological polar surface area (TPSA) is 51.2 Å². The Bertz CT molecular complexity index is 736. The number of hydrogen-bond acceptors (Lipinski definition) is 3. The van der Waals surface area contributed by atoms with Gasteiger partial charge in [-0.2, -0.15) is 0 Å². The van der Waals surface area contributed by atoms with Crippen LogP contribution >= 0.6 is 0 Å². The standard InChI is InChI=1S/C14H12O3S2/c15-18(11-6-2-1-3-7-11)13-10-19(16,17)14-9-5-4-8-12(13)14/h1-9,13H,10H2. The van der Waals surface area contributed by atoms with Crippen molar-refractivity contribution in [1.82, 2.24) is 0 Å². The highest BCUT2D eigenvalue weighted by atomic mass is 32.2. The summed E-state index contributed by atoms with van der Waals surface area (Å²) in [4.78, 5) is 0.990. The number of hydrogen-bond donors (Lipinski definition) is 0. The fraction of sp³-hybridized carbons (Fsp3) is 0.143. The van der Waals surface area contributed by atoms with Gasteiger partial charge in [0, 0.05) is 4.90 Å². The number of fused-ring (bicyclic) bond motifs is 1. The van der Waals surface area contributed by atoms with Crippen LogP contribution in [0.2, 0.25) is 0 Å². The molecular weight excluding hydrogens is 280 g/mol. The van der Waals surface area contributed by atoms with E-state index < -0.39 is 25.9 Å². The summed E-state index contributed by atoms with van der Waals surface area (Å²) < 4.78 is 36.7. The monoisotopic (exact) mass is 292 g/mol. The minimum Gasteiger partial charge on any atom is -0.254 e. The smallest absolute Gasteiger partial charge is 0.180 e. The molecule has 5 heteroatoms.